The van der Waals surface area contributed by atoms with Gasteiger partial charge in [0.05, 0.1) is 17.1 Å². The minimum atomic E-state index is -3.60. The summed E-state index contributed by atoms with van der Waals surface area (Å²) in [6.45, 7) is 1.24. The van der Waals surface area contributed by atoms with Crippen molar-refractivity contribution in [2.75, 3.05) is 18.1 Å². The second-order valence-corrected chi connectivity index (χ2v) is 9.08. The molecule has 31 heavy (non-hydrogen) atoms. The van der Waals surface area contributed by atoms with Crippen molar-refractivity contribution in [3.63, 3.8) is 0 Å². The number of ether oxygens (including phenoxy) is 1. The van der Waals surface area contributed by atoms with Crippen LogP contribution in [0.1, 0.15) is 17.5 Å². The minimum absolute atomic E-state index is 0.0250. The lowest BCUT2D eigenvalue weighted by molar-refractivity contribution is -0.118. The van der Waals surface area contributed by atoms with Crippen LogP contribution < -0.4 is 14.4 Å². The van der Waals surface area contributed by atoms with Crippen molar-refractivity contribution in [1.82, 2.24) is 4.72 Å². The van der Waals surface area contributed by atoms with Crippen LogP contribution in [0.15, 0.2) is 83.8 Å². The summed E-state index contributed by atoms with van der Waals surface area (Å²) in [5.41, 5.74) is 2.60. The summed E-state index contributed by atoms with van der Waals surface area (Å²) in [7, 11) is -3.60. The summed E-state index contributed by atoms with van der Waals surface area (Å²) in [5.74, 6) is 0.747. The van der Waals surface area contributed by atoms with Gasteiger partial charge in [-0.05, 0) is 41.8 Å². The van der Waals surface area contributed by atoms with Gasteiger partial charge in [-0.3, -0.25) is 4.79 Å². The molecule has 0 unspecified atom stereocenters. The average Bonchev–Trinajstić information content (AvgIpc) is 2.82. The minimum Gasteiger partial charge on any atom is -0.490 e. The first-order chi connectivity index (χ1) is 15.0. The fraction of sp³-hybridized carbons (Fsp3) is 0.208. The van der Waals surface area contributed by atoms with Crippen molar-refractivity contribution < 1.29 is 17.9 Å². The van der Waals surface area contributed by atoms with E-state index in [1.54, 1.807) is 29.2 Å². The molecule has 0 spiro atoms. The molecule has 1 aliphatic rings. The van der Waals surface area contributed by atoms with Gasteiger partial charge in [-0.15, -0.1) is 0 Å². The highest BCUT2D eigenvalue weighted by atomic mass is 32.2. The lowest BCUT2D eigenvalue weighted by atomic mass is 10.1. The van der Waals surface area contributed by atoms with E-state index >= 15 is 0 Å². The maximum Gasteiger partial charge on any atom is 0.240 e. The predicted octanol–water partition coefficient (Wildman–Crippen LogP) is 3.52. The topological polar surface area (TPSA) is 75.7 Å². The molecule has 7 heteroatoms. The van der Waals surface area contributed by atoms with Crippen molar-refractivity contribution in [3.05, 3.63) is 90.0 Å². The highest BCUT2D eigenvalue weighted by Gasteiger charge is 2.23. The van der Waals surface area contributed by atoms with Gasteiger partial charge in [0.25, 0.3) is 0 Å². The van der Waals surface area contributed by atoms with Crippen molar-refractivity contribution in [3.8, 4) is 5.75 Å². The Balaban J connectivity index is 1.35. The summed E-state index contributed by atoms with van der Waals surface area (Å²) < 4.78 is 33.3. The molecular weight excluding hydrogens is 412 g/mol. The van der Waals surface area contributed by atoms with Crippen LogP contribution in [0.25, 0.3) is 0 Å². The Morgan fingerprint density at radius 2 is 1.61 bits per heavy atom. The summed E-state index contributed by atoms with van der Waals surface area (Å²) in [6, 6.07) is 23.6. The quantitative estimate of drug-likeness (QED) is 0.615. The molecular formula is C24H24N2O4S. The number of carbonyl (C=O) groups excluding carboxylic acids is 1. The van der Waals surface area contributed by atoms with E-state index in [-0.39, 0.29) is 17.3 Å². The predicted molar refractivity (Wildman–Crippen MR) is 120 cm³/mol. The van der Waals surface area contributed by atoms with Crippen LogP contribution in [0, 0.1) is 0 Å². The molecule has 1 N–H and O–H groups in total. The third-order valence-electron chi connectivity index (χ3n) is 5.20. The van der Waals surface area contributed by atoms with Crippen LogP contribution in [0.2, 0.25) is 0 Å². The average molecular weight is 437 g/mol. The summed E-state index contributed by atoms with van der Waals surface area (Å²) >= 11 is 0. The number of rotatable bonds is 7. The number of para-hydroxylation sites is 2. The first-order valence-corrected chi connectivity index (χ1v) is 11.7. The van der Waals surface area contributed by atoms with Gasteiger partial charge in [0.15, 0.2) is 0 Å². The zero-order valence-corrected chi connectivity index (χ0v) is 17.8. The van der Waals surface area contributed by atoms with Gasteiger partial charge < -0.3 is 9.64 Å². The molecule has 0 radical (unpaired) electrons. The molecule has 0 aliphatic carbocycles. The third kappa shape index (κ3) is 5.13. The zero-order valence-electron chi connectivity index (χ0n) is 17.0. The molecule has 160 valence electrons. The standard InChI is InChI=1S/C24H24N2O4S/c27-24(26-16-17-30-23-9-5-4-8-22(23)26)15-12-19-10-13-21(14-11-19)31(28,29)25-18-20-6-2-1-3-7-20/h1-11,13-14,25H,12,15-18H2. The van der Waals surface area contributed by atoms with Gasteiger partial charge in [-0.2, -0.15) is 0 Å². The number of hydrogen-bond acceptors (Lipinski definition) is 4. The molecule has 0 bridgehead atoms. The Bertz CT molecular complexity index is 1150. The maximum absolute atomic E-state index is 12.7. The molecule has 6 nitrogen and oxygen atoms in total. The number of hydrogen-bond donors (Lipinski definition) is 1. The number of anilines is 1. The van der Waals surface area contributed by atoms with E-state index < -0.39 is 10.0 Å². The van der Waals surface area contributed by atoms with E-state index in [4.69, 9.17) is 4.74 Å². The van der Waals surface area contributed by atoms with Crippen LogP contribution in [0.5, 0.6) is 5.75 Å². The van der Waals surface area contributed by atoms with Crippen LogP contribution in [-0.4, -0.2) is 27.5 Å². The van der Waals surface area contributed by atoms with Crippen LogP contribution in [-0.2, 0) is 27.8 Å². The number of fused-ring (bicyclic) bond motifs is 1. The third-order valence-corrected chi connectivity index (χ3v) is 6.62. The SMILES string of the molecule is O=C(CCc1ccc(S(=O)(=O)NCc2ccccc2)cc1)N1CCOc2ccccc21. The summed E-state index contributed by atoms with van der Waals surface area (Å²) in [4.78, 5) is 14.7. The number of nitrogens with zero attached hydrogens (tertiary/aromatic N) is 1. The van der Waals surface area contributed by atoms with Crippen LogP contribution in [0.3, 0.4) is 0 Å². The first-order valence-electron chi connectivity index (χ1n) is 10.2. The number of amides is 1. The second kappa shape index (κ2) is 9.32. The fourth-order valence-corrected chi connectivity index (χ4v) is 4.53. The Labute approximate surface area is 182 Å². The number of aryl methyl sites for hydroxylation is 1. The van der Waals surface area contributed by atoms with Crippen molar-refractivity contribution >= 4 is 21.6 Å². The highest BCUT2D eigenvalue weighted by Crippen LogP contribution is 2.31. The lowest BCUT2D eigenvalue weighted by Gasteiger charge is -2.29. The lowest BCUT2D eigenvalue weighted by Crippen LogP contribution is -2.38. The Morgan fingerprint density at radius 1 is 0.903 bits per heavy atom. The molecule has 1 aliphatic heterocycles. The van der Waals surface area contributed by atoms with E-state index in [1.165, 1.54) is 0 Å². The summed E-state index contributed by atoms with van der Waals surface area (Å²) in [5, 5.41) is 0. The fourth-order valence-electron chi connectivity index (χ4n) is 3.51. The van der Waals surface area contributed by atoms with Crippen molar-refractivity contribution in [2.45, 2.75) is 24.3 Å². The normalized spacial score (nSPS) is 13.4. The van der Waals surface area contributed by atoms with Gasteiger partial charge in [0.1, 0.15) is 12.4 Å². The zero-order chi connectivity index (χ0) is 21.7. The molecule has 0 atom stereocenters. The van der Waals surface area contributed by atoms with Crippen LogP contribution in [0.4, 0.5) is 5.69 Å². The van der Waals surface area contributed by atoms with Gasteiger partial charge in [0, 0.05) is 13.0 Å². The van der Waals surface area contributed by atoms with Crippen LogP contribution >= 0.6 is 0 Å². The van der Waals surface area contributed by atoms with E-state index in [2.05, 4.69) is 4.72 Å². The van der Waals surface area contributed by atoms with Gasteiger partial charge >= 0.3 is 0 Å². The van der Waals surface area contributed by atoms with E-state index in [1.807, 2.05) is 54.6 Å². The molecule has 0 saturated heterocycles. The van der Waals surface area contributed by atoms with E-state index in [0.717, 1.165) is 22.6 Å². The molecule has 0 saturated carbocycles. The van der Waals surface area contributed by atoms with Crippen molar-refractivity contribution in [1.29, 1.82) is 0 Å². The monoisotopic (exact) mass is 436 g/mol. The maximum atomic E-state index is 12.7. The van der Waals surface area contributed by atoms with Gasteiger partial charge in [-0.1, -0.05) is 54.6 Å². The van der Waals surface area contributed by atoms with Gasteiger partial charge in [0.2, 0.25) is 15.9 Å². The van der Waals surface area contributed by atoms with E-state index in [9.17, 15) is 13.2 Å². The Hall–Kier alpha value is -3.16. The van der Waals surface area contributed by atoms with Crippen molar-refractivity contribution in [2.24, 2.45) is 0 Å². The number of carbonyl (C=O) groups is 1. The Morgan fingerprint density at radius 3 is 2.39 bits per heavy atom. The number of nitrogens with one attached hydrogen (secondary N) is 1. The molecule has 1 heterocycles. The molecule has 0 fully saturated rings. The second-order valence-electron chi connectivity index (χ2n) is 7.32. The highest BCUT2D eigenvalue weighted by molar-refractivity contribution is 7.89. The molecule has 3 aromatic carbocycles. The first kappa shape index (κ1) is 21.1. The smallest absolute Gasteiger partial charge is 0.240 e. The van der Waals surface area contributed by atoms with Gasteiger partial charge in [-0.25, -0.2) is 13.1 Å². The number of benzene rings is 3. The molecule has 1 amide bonds. The Kier molecular flexibility index (Phi) is 6.34. The summed E-state index contributed by atoms with van der Waals surface area (Å²) in [6.07, 6.45) is 0.878. The molecule has 0 aromatic heterocycles. The molecule has 3 aromatic rings. The molecule has 4 rings (SSSR count). The number of sulfonamides is 1. The van der Waals surface area contributed by atoms with E-state index in [0.29, 0.717) is 26.0 Å². The largest absolute Gasteiger partial charge is 0.490 e.